The lowest BCUT2D eigenvalue weighted by Crippen LogP contribution is -2.10. The first kappa shape index (κ1) is 11.0. The summed E-state index contributed by atoms with van der Waals surface area (Å²) in [7, 11) is 0. The fourth-order valence-corrected chi connectivity index (χ4v) is 2.64. The van der Waals surface area contributed by atoms with E-state index in [0.717, 1.165) is 27.2 Å². The van der Waals surface area contributed by atoms with Crippen LogP contribution in [0.5, 0.6) is 0 Å². The minimum Gasteiger partial charge on any atom is -0.357 e. The van der Waals surface area contributed by atoms with Crippen LogP contribution in [0.3, 0.4) is 0 Å². The van der Waals surface area contributed by atoms with E-state index in [1.165, 1.54) is 11.3 Å². The molecule has 4 heteroatoms. The van der Waals surface area contributed by atoms with Crippen LogP contribution in [-0.4, -0.2) is 10.9 Å². The number of amides is 1. The Morgan fingerprint density at radius 1 is 1.22 bits per heavy atom. The van der Waals surface area contributed by atoms with E-state index in [2.05, 4.69) is 10.3 Å². The van der Waals surface area contributed by atoms with E-state index in [0.29, 0.717) is 0 Å². The first-order valence-corrected chi connectivity index (χ1v) is 6.56. The van der Waals surface area contributed by atoms with Gasteiger partial charge in [-0.1, -0.05) is 24.3 Å². The van der Waals surface area contributed by atoms with Crippen molar-refractivity contribution in [2.45, 2.75) is 6.92 Å². The number of para-hydroxylation sites is 1. The molecule has 3 nitrogen and oxygen atoms in total. The molecule has 0 saturated carbocycles. The predicted molar refractivity (Wildman–Crippen MR) is 75.3 cm³/mol. The van der Waals surface area contributed by atoms with Crippen molar-refractivity contribution >= 4 is 33.8 Å². The Bertz CT molecular complexity index is 698. The van der Waals surface area contributed by atoms with Gasteiger partial charge in [0.2, 0.25) is 0 Å². The standard InChI is InChI=1S/C14H12N2OS/c1-9-13(10-5-2-3-6-11(10)15-9)16-14(17)12-7-4-8-18-12/h2-8,15H,1H3,(H,16,17). The molecule has 0 atom stereocenters. The number of carbonyl (C=O) groups excluding carboxylic acids is 1. The summed E-state index contributed by atoms with van der Waals surface area (Å²) in [6.45, 7) is 1.96. The lowest BCUT2D eigenvalue weighted by molar-refractivity contribution is 0.103. The Balaban J connectivity index is 2.00. The van der Waals surface area contributed by atoms with E-state index in [4.69, 9.17) is 0 Å². The second-order valence-corrected chi connectivity index (χ2v) is 5.05. The fourth-order valence-electron chi connectivity index (χ4n) is 2.02. The summed E-state index contributed by atoms with van der Waals surface area (Å²) in [5.41, 5.74) is 2.88. The zero-order valence-electron chi connectivity index (χ0n) is 9.86. The van der Waals surface area contributed by atoms with E-state index < -0.39 is 0 Å². The molecule has 90 valence electrons. The number of hydrogen-bond acceptors (Lipinski definition) is 2. The molecule has 0 spiro atoms. The Kier molecular flexibility index (Phi) is 2.64. The first-order chi connectivity index (χ1) is 8.75. The number of aromatic amines is 1. The third-order valence-corrected chi connectivity index (χ3v) is 3.75. The van der Waals surface area contributed by atoms with Gasteiger partial charge in [-0.2, -0.15) is 0 Å². The van der Waals surface area contributed by atoms with Gasteiger partial charge in [0.25, 0.3) is 5.91 Å². The number of hydrogen-bond donors (Lipinski definition) is 2. The highest BCUT2D eigenvalue weighted by atomic mass is 32.1. The molecule has 0 radical (unpaired) electrons. The van der Waals surface area contributed by atoms with Gasteiger partial charge >= 0.3 is 0 Å². The van der Waals surface area contributed by atoms with E-state index in [1.807, 2.05) is 48.7 Å². The molecule has 0 aliphatic heterocycles. The number of aryl methyl sites for hydroxylation is 1. The zero-order valence-corrected chi connectivity index (χ0v) is 10.7. The normalized spacial score (nSPS) is 10.7. The largest absolute Gasteiger partial charge is 0.357 e. The Labute approximate surface area is 108 Å². The smallest absolute Gasteiger partial charge is 0.265 e. The molecule has 3 aromatic rings. The summed E-state index contributed by atoms with van der Waals surface area (Å²) >= 11 is 1.44. The number of rotatable bonds is 2. The molecule has 2 N–H and O–H groups in total. The molecule has 0 bridgehead atoms. The Morgan fingerprint density at radius 3 is 2.83 bits per heavy atom. The minimum atomic E-state index is -0.0575. The average Bonchev–Trinajstić information content (AvgIpc) is 2.98. The molecule has 1 aromatic carbocycles. The number of anilines is 1. The zero-order chi connectivity index (χ0) is 12.5. The summed E-state index contributed by atoms with van der Waals surface area (Å²) in [6.07, 6.45) is 0. The number of nitrogens with one attached hydrogen (secondary N) is 2. The third-order valence-electron chi connectivity index (χ3n) is 2.88. The van der Waals surface area contributed by atoms with Gasteiger partial charge in [0.05, 0.1) is 10.6 Å². The van der Waals surface area contributed by atoms with Crippen molar-refractivity contribution in [2.24, 2.45) is 0 Å². The summed E-state index contributed by atoms with van der Waals surface area (Å²) in [5, 5.41) is 5.92. The number of carbonyl (C=O) groups is 1. The highest BCUT2D eigenvalue weighted by Crippen LogP contribution is 2.27. The summed E-state index contributed by atoms with van der Waals surface area (Å²) in [5.74, 6) is -0.0575. The summed E-state index contributed by atoms with van der Waals surface area (Å²) in [4.78, 5) is 16.0. The number of thiophene rings is 1. The predicted octanol–water partition coefficient (Wildman–Crippen LogP) is 3.79. The first-order valence-electron chi connectivity index (χ1n) is 5.68. The number of fused-ring (bicyclic) bond motifs is 1. The molecule has 0 aliphatic rings. The van der Waals surface area contributed by atoms with E-state index in [1.54, 1.807) is 0 Å². The van der Waals surface area contributed by atoms with Crippen molar-refractivity contribution in [1.82, 2.24) is 4.98 Å². The second kappa shape index (κ2) is 4.31. The van der Waals surface area contributed by atoms with Crippen LogP contribution >= 0.6 is 11.3 Å². The molecule has 0 aliphatic carbocycles. The summed E-state index contributed by atoms with van der Waals surface area (Å²) in [6, 6.07) is 11.7. The van der Waals surface area contributed by atoms with E-state index in [9.17, 15) is 4.79 Å². The fraction of sp³-hybridized carbons (Fsp3) is 0.0714. The highest BCUT2D eigenvalue weighted by Gasteiger charge is 2.12. The molecule has 0 unspecified atom stereocenters. The molecular weight excluding hydrogens is 244 g/mol. The SMILES string of the molecule is Cc1[nH]c2ccccc2c1NC(=O)c1cccs1. The van der Waals surface area contributed by atoms with Crippen LogP contribution in [0.1, 0.15) is 15.4 Å². The minimum absolute atomic E-state index is 0.0575. The lowest BCUT2D eigenvalue weighted by atomic mass is 10.2. The molecule has 0 fully saturated rings. The van der Waals surface area contributed by atoms with Crippen LogP contribution in [0.25, 0.3) is 10.9 Å². The molecule has 2 heterocycles. The van der Waals surface area contributed by atoms with Crippen LogP contribution in [0.15, 0.2) is 41.8 Å². The average molecular weight is 256 g/mol. The molecule has 1 amide bonds. The van der Waals surface area contributed by atoms with Crippen molar-refractivity contribution in [2.75, 3.05) is 5.32 Å². The van der Waals surface area contributed by atoms with Gasteiger partial charge in [-0.25, -0.2) is 0 Å². The maximum Gasteiger partial charge on any atom is 0.265 e. The van der Waals surface area contributed by atoms with E-state index >= 15 is 0 Å². The van der Waals surface area contributed by atoms with E-state index in [-0.39, 0.29) is 5.91 Å². The topological polar surface area (TPSA) is 44.9 Å². The van der Waals surface area contributed by atoms with Crippen molar-refractivity contribution < 1.29 is 4.79 Å². The molecule has 3 rings (SSSR count). The van der Waals surface area contributed by atoms with Crippen molar-refractivity contribution in [3.05, 3.63) is 52.3 Å². The monoisotopic (exact) mass is 256 g/mol. The molecule has 2 aromatic heterocycles. The van der Waals surface area contributed by atoms with Crippen LogP contribution < -0.4 is 5.32 Å². The van der Waals surface area contributed by atoms with Gasteiger partial charge in [-0.05, 0) is 24.4 Å². The Morgan fingerprint density at radius 2 is 2.06 bits per heavy atom. The van der Waals surface area contributed by atoms with Crippen LogP contribution in [-0.2, 0) is 0 Å². The number of aromatic nitrogens is 1. The van der Waals surface area contributed by atoms with Crippen molar-refractivity contribution in [1.29, 1.82) is 0 Å². The number of benzene rings is 1. The molecular formula is C14H12N2OS. The molecule has 18 heavy (non-hydrogen) atoms. The van der Waals surface area contributed by atoms with Gasteiger partial charge in [-0.15, -0.1) is 11.3 Å². The van der Waals surface area contributed by atoms with Gasteiger partial charge < -0.3 is 10.3 Å². The maximum atomic E-state index is 12.1. The van der Waals surface area contributed by atoms with Crippen LogP contribution in [0.4, 0.5) is 5.69 Å². The van der Waals surface area contributed by atoms with Gasteiger partial charge in [0.15, 0.2) is 0 Å². The van der Waals surface area contributed by atoms with Crippen LogP contribution in [0.2, 0.25) is 0 Å². The van der Waals surface area contributed by atoms with Crippen molar-refractivity contribution in [3.63, 3.8) is 0 Å². The second-order valence-electron chi connectivity index (χ2n) is 4.10. The van der Waals surface area contributed by atoms with Crippen LogP contribution in [0, 0.1) is 6.92 Å². The van der Waals surface area contributed by atoms with Gasteiger partial charge in [0.1, 0.15) is 0 Å². The third kappa shape index (κ3) is 1.80. The molecule has 0 saturated heterocycles. The number of H-pyrrole nitrogens is 1. The van der Waals surface area contributed by atoms with Gasteiger partial charge in [0, 0.05) is 16.6 Å². The quantitative estimate of drug-likeness (QED) is 0.720. The highest BCUT2D eigenvalue weighted by molar-refractivity contribution is 7.12. The lowest BCUT2D eigenvalue weighted by Gasteiger charge is -2.03. The summed E-state index contributed by atoms with van der Waals surface area (Å²) < 4.78 is 0. The van der Waals surface area contributed by atoms with Gasteiger partial charge in [-0.3, -0.25) is 4.79 Å². The van der Waals surface area contributed by atoms with Crippen molar-refractivity contribution in [3.8, 4) is 0 Å². The maximum absolute atomic E-state index is 12.1. The Hall–Kier alpha value is -2.07.